The molecule has 1 saturated heterocycles. The van der Waals surface area contributed by atoms with Gasteiger partial charge in [0.1, 0.15) is 11.6 Å². The van der Waals surface area contributed by atoms with Crippen LogP contribution in [-0.4, -0.2) is 19.3 Å². The summed E-state index contributed by atoms with van der Waals surface area (Å²) in [6, 6.07) is 3.64. The molecule has 2 rings (SSSR count). The van der Waals surface area contributed by atoms with E-state index in [-0.39, 0.29) is 23.9 Å². The van der Waals surface area contributed by atoms with Crippen LogP contribution in [0.5, 0.6) is 0 Å². The van der Waals surface area contributed by atoms with E-state index in [4.69, 9.17) is 10.5 Å². The molecule has 0 saturated carbocycles. The molecular weight excluding hydrogens is 212 g/mol. The quantitative estimate of drug-likeness (QED) is 0.855. The van der Waals surface area contributed by atoms with E-state index in [1.165, 1.54) is 18.2 Å². The van der Waals surface area contributed by atoms with Gasteiger partial charge in [-0.3, -0.25) is 0 Å². The lowest BCUT2D eigenvalue weighted by atomic mass is 9.93. The third-order valence-corrected chi connectivity index (χ3v) is 3.07. The Balaban J connectivity index is 2.07. The van der Waals surface area contributed by atoms with Gasteiger partial charge in [0.05, 0.1) is 6.61 Å². The van der Waals surface area contributed by atoms with Gasteiger partial charge >= 0.3 is 0 Å². The molecule has 16 heavy (non-hydrogen) atoms. The monoisotopic (exact) mass is 227 g/mol. The predicted octanol–water partition coefficient (Wildman–Crippen LogP) is 1.87. The first kappa shape index (κ1) is 11.5. The van der Waals surface area contributed by atoms with Crippen LogP contribution < -0.4 is 5.73 Å². The zero-order chi connectivity index (χ0) is 11.5. The highest BCUT2D eigenvalue weighted by molar-refractivity contribution is 5.20. The second-order valence-electron chi connectivity index (χ2n) is 4.19. The first-order valence-electron chi connectivity index (χ1n) is 5.44. The van der Waals surface area contributed by atoms with Crippen LogP contribution >= 0.6 is 0 Å². The molecule has 2 nitrogen and oxygen atoms in total. The molecule has 1 aliphatic heterocycles. The summed E-state index contributed by atoms with van der Waals surface area (Å²) in [6.45, 7) is 1.29. The Morgan fingerprint density at radius 1 is 1.38 bits per heavy atom. The molecule has 0 bridgehead atoms. The Kier molecular flexibility index (Phi) is 3.51. The van der Waals surface area contributed by atoms with Crippen LogP contribution in [0.15, 0.2) is 18.2 Å². The van der Waals surface area contributed by atoms with Gasteiger partial charge < -0.3 is 10.5 Å². The molecule has 0 radical (unpaired) electrons. The van der Waals surface area contributed by atoms with Gasteiger partial charge in [0.2, 0.25) is 0 Å². The fraction of sp³-hybridized carbons (Fsp3) is 0.500. The maximum absolute atomic E-state index is 13.4. The summed E-state index contributed by atoms with van der Waals surface area (Å²) in [5.74, 6) is -0.831. The predicted molar refractivity (Wildman–Crippen MR) is 57.0 cm³/mol. The number of halogens is 2. The highest BCUT2D eigenvalue weighted by Gasteiger charge is 2.24. The summed E-state index contributed by atoms with van der Waals surface area (Å²) in [6.07, 6.45) is 1.10. The number of ether oxygens (including phenoxy) is 1. The summed E-state index contributed by atoms with van der Waals surface area (Å²) in [7, 11) is 0. The van der Waals surface area contributed by atoms with E-state index in [0.29, 0.717) is 13.2 Å². The minimum absolute atomic E-state index is 0.0851. The SMILES string of the molecule is NC(Cc1c(F)cccc1F)C1CCOC1. The average molecular weight is 227 g/mol. The standard InChI is InChI=1S/C12H15F2NO/c13-10-2-1-3-11(14)9(10)6-12(15)8-4-5-16-7-8/h1-3,8,12H,4-7,15H2. The smallest absolute Gasteiger partial charge is 0.129 e. The molecule has 1 aromatic carbocycles. The molecule has 1 aromatic rings. The largest absolute Gasteiger partial charge is 0.381 e. The second kappa shape index (κ2) is 4.89. The van der Waals surface area contributed by atoms with Gasteiger partial charge in [-0.05, 0) is 30.9 Å². The second-order valence-corrected chi connectivity index (χ2v) is 4.19. The van der Waals surface area contributed by atoms with E-state index in [0.717, 1.165) is 6.42 Å². The van der Waals surface area contributed by atoms with Gasteiger partial charge in [-0.2, -0.15) is 0 Å². The van der Waals surface area contributed by atoms with Crippen molar-refractivity contribution in [3.05, 3.63) is 35.4 Å². The van der Waals surface area contributed by atoms with Gasteiger partial charge in [-0.1, -0.05) is 6.07 Å². The fourth-order valence-electron chi connectivity index (χ4n) is 2.02. The van der Waals surface area contributed by atoms with Crippen LogP contribution in [-0.2, 0) is 11.2 Å². The fourth-order valence-corrected chi connectivity index (χ4v) is 2.02. The molecule has 2 atom stereocenters. The van der Waals surface area contributed by atoms with Crippen LogP contribution in [0.3, 0.4) is 0 Å². The first-order chi connectivity index (χ1) is 7.68. The van der Waals surface area contributed by atoms with Crippen LogP contribution in [0.1, 0.15) is 12.0 Å². The normalized spacial score (nSPS) is 22.3. The van der Waals surface area contributed by atoms with Gasteiger partial charge in [-0.25, -0.2) is 8.78 Å². The number of benzene rings is 1. The van der Waals surface area contributed by atoms with E-state index in [1.807, 2.05) is 0 Å². The van der Waals surface area contributed by atoms with Crippen molar-refractivity contribution < 1.29 is 13.5 Å². The Morgan fingerprint density at radius 3 is 2.62 bits per heavy atom. The maximum Gasteiger partial charge on any atom is 0.129 e. The maximum atomic E-state index is 13.4. The van der Waals surface area contributed by atoms with Crippen molar-refractivity contribution in [3.63, 3.8) is 0 Å². The van der Waals surface area contributed by atoms with Crippen molar-refractivity contribution in [2.45, 2.75) is 18.9 Å². The molecule has 1 heterocycles. The van der Waals surface area contributed by atoms with E-state index < -0.39 is 11.6 Å². The molecule has 88 valence electrons. The molecular formula is C12H15F2NO. The number of nitrogens with two attached hydrogens (primary N) is 1. The average Bonchev–Trinajstić information content (AvgIpc) is 2.76. The zero-order valence-corrected chi connectivity index (χ0v) is 8.96. The van der Waals surface area contributed by atoms with Crippen molar-refractivity contribution in [2.75, 3.05) is 13.2 Å². The van der Waals surface area contributed by atoms with Gasteiger partial charge in [-0.15, -0.1) is 0 Å². The molecule has 4 heteroatoms. The molecule has 2 unspecified atom stereocenters. The van der Waals surface area contributed by atoms with Gasteiger partial charge in [0.25, 0.3) is 0 Å². The molecule has 2 N–H and O–H groups in total. The Hall–Kier alpha value is -1.00. The molecule has 0 aliphatic carbocycles. The van der Waals surface area contributed by atoms with E-state index in [1.54, 1.807) is 0 Å². The van der Waals surface area contributed by atoms with Crippen LogP contribution in [0.25, 0.3) is 0 Å². The van der Waals surface area contributed by atoms with Crippen LogP contribution in [0, 0.1) is 17.6 Å². The van der Waals surface area contributed by atoms with Crippen molar-refractivity contribution in [1.82, 2.24) is 0 Å². The lowest BCUT2D eigenvalue weighted by molar-refractivity contribution is 0.180. The Labute approximate surface area is 93.4 Å². The third-order valence-electron chi connectivity index (χ3n) is 3.07. The number of hydrogen-bond donors (Lipinski definition) is 1. The molecule has 1 fully saturated rings. The number of rotatable bonds is 3. The Bertz CT molecular complexity index is 344. The summed E-state index contributed by atoms with van der Waals surface area (Å²) >= 11 is 0. The molecule has 1 aliphatic rings. The summed E-state index contributed by atoms with van der Waals surface area (Å²) in [4.78, 5) is 0. The zero-order valence-electron chi connectivity index (χ0n) is 8.96. The summed E-state index contributed by atoms with van der Waals surface area (Å²) < 4.78 is 32.0. The van der Waals surface area contributed by atoms with Crippen molar-refractivity contribution in [3.8, 4) is 0 Å². The van der Waals surface area contributed by atoms with Crippen molar-refractivity contribution in [1.29, 1.82) is 0 Å². The summed E-state index contributed by atoms with van der Waals surface area (Å²) in [5, 5.41) is 0. The highest BCUT2D eigenvalue weighted by atomic mass is 19.1. The van der Waals surface area contributed by atoms with Gasteiger partial charge in [0, 0.05) is 18.2 Å². The Morgan fingerprint density at radius 2 is 2.06 bits per heavy atom. The third kappa shape index (κ3) is 2.39. The van der Waals surface area contributed by atoms with Crippen LogP contribution in [0.2, 0.25) is 0 Å². The molecule has 0 amide bonds. The van der Waals surface area contributed by atoms with Crippen molar-refractivity contribution >= 4 is 0 Å². The van der Waals surface area contributed by atoms with E-state index in [9.17, 15) is 8.78 Å². The lowest BCUT2D eigenvalue weighted by Crippen LogP contribution is -2.33. The minimum Gasteiger partial charge on any atom is -0.381 e. The van der Waals surface area contributed by atoms with E-state index in [2.05, 4.69) is 0 Å². The summed E-state index contributed by atoms with van der Waals surface area (Å²) in [5.41, 5.74) is 6.02. The van der Waals surface area contributed by atoms with Gasteiger partial charge in [0.15, 0.2) is 0 Å². The topological polar surface area (TPSA) is 35.2 Å². The van der Waals surface area contributed by atoms with Crippen LogP contribution in [0.4, 0.5) is 8.78 Å². The van der Waals surface area contributed by atoms with E-state index >= 15 is 0 Å². The number of hydrogen-bond acceptors (Lipinski definition) is 2. The minimum atomic E-state index is -0.519. The molecule has 0 spiro atoms. The first-order valence-corrected chi connectivity index (χ1v) is 5.44. The highest BCUT2D eigenvalue weighted by Crippen LogP contribution is 2.21. The van der Waals surface area contributed by atoms with Crippen molar-refractivity contribution in [2.24, 2.45) is 11.7 Å². The lowest BCUT2D eigenvalue weighted by Gasteiger charge is -2.18. The molecule has 0 aromatic heterocycles.